The molecule has 8 nitrogen and oxygen atoms in total. The first-order valence-electron chi connectivity index (χ1n) is 13.6. The number of hydrogen-bond donors (Lipinski definition) is 0. The molecule has 204 valence electrons. The number of carbonyl (C=O) groups is 3. The van der Waals surface area contributed by atoms with Crippen molar-refractivity contribution in [3.8, 4) is 0 Å². The van der Waals surface area contributed by atoms with Gasteiger partial charge in [-0.05, 0) is 55.5 Å². The van der Waals surface area contributed by atoms with Gasteiger partial charge in [0, 0.05) is 36.8 Å². The first-order valence-corrected chi connectivity index (χ1v) is 14.5. The topological polar surface area (TPSA) is 83.1 Å². The van der Waals surface area contributed by atoms with Crippen molar-refractivity contribution in [2.45, 2.75) is 63.6 Å². The van der Waals surface area contributed by atoms with Gasteiger partial charge in [0.15, 0.2) is 5.13 Å². The zero-order valence-corrected chi connectivity index (χ0v) is 23.0. The Hall–Kier alpha value is -3.72. The average Bonchev–Trinajstić information content (AvgIpc) is 3.70. The van der Waals surface area contributed by atoms with Gasteiger partial charge in [0.2, 0.25) is 0 Å². The highest BCUT2D eigenvalue weighted by atomic mass is 32.1. The fraction of sp³-hybridized carbons (Fsp3) is 0.400. The van der Waals surface area contributed by atoms with Gasteiger partial charge in [0.25, 0.3) is 11.8 Å². The Balaban J connectivity index is 1.32. The molecule has 1 saturated heterocycles. The number of ether oxygens (including phenoxy) is 1. The van der Waals surface area contributed by atoms with Gasteiger partial charge in [-0.15, -0.1) is 11.3 Å². The lowest BCUT2D eigenvalue weighted by molar-refractivity contribution is -0.121. The van der Waals surface area contributed by atoms with E-state index in [1.54, 1.807) is 35.4 Å². The van der Waals surface area contributed by atoms with Crippen molar-refractivity contribution in [3.63, 3.8) is 0 Å². The van der Waals surface area contributed by atoms with Crippen LogP contribution in [0, 0.1) is 0 Å². The zero-order chi connectivity index (χ0) is 27.2. The molecule has 2 aliphatic rings. The van der Waals surface area contributed by atoms with Crippen LogP contribution in [0.25, 0.3) is 0 Å². The minimum Gasteiger partial charge on any atom is -0.445 e. The molecule has 39 heavy (non-hydrogen) atoms. The van der Waals surface area contributed by atoms with Crippen molar-refractivity contribution < 1.29 is 19.1 Å². The summed E-state index contributed by atoms with van der Waals surface area (Å²) in [4.78, 5) is 49.4. The summed E-state index contributed by atoms with van der Waals surface area (Å²) in [5, 5.41) is 2.33. The van der Waals surface area contributed by atoms with E-state index in [-0.39, 0.29) is 24.5 Å². The lowest BCUT2D eigenvalue weighted by Gasteiger charge is -2.31. The van der Waals surface area contributed by atoms with Crippen molar-refractivity contribution in [2.75, 3.05) is 18.5 Å². The van der Waals surface area contributed by atoms with Gasteiger partial charge >= 0.3 is 6.09 Å². The average molecular weight is 547 g/mol. The Morgan fingerprint density at radius 3 is 2.41 bits per heavy atom. The molecule has 1 aromatic heterocycles. The molecule has 0 bridgehead atoms. The van der Waals surface area contributed by atoms with Crippen LogP contribution in [0.15, 0.2) is 66.2 Å². The van der Waals surface area contributed by atoms with Gasteiger partial charge in [-0.1, -0.05) is 49.6 Å². The first kappa shape index (κ1) is 26.9. The van der Waals surface area contributed by atoms with Gasteiger partial charge < -0.3 is 9.64 Å². The van der Waals surface area contributed by atoms with Crippen molar-refractivity contribution in [1.82, 2.24) is 14.8 Å². The van der Waals surface area contributed by atoms with Crippen molar-refractivity contribution >= 4 is 40.1 Å². The van der Waals surface area contributed by atoms with E-state index in [1.165, 1.54) is 22.7 Å². The minimum absolute atomic E-state index is 0.0105. The molecule has 1 unspecified atom stereocenters. The number of thiazole rings is 1. The molecular formula is C30H34N4O4S. The van der Waals surface area contributed by atoms with Crippen LogP contribution >= 0.6 is 11.3 Å². The maximum absolute atomic E-state index is 13.9. The van der Waals surface area contributed by atoms with E-state index in [1.807, 2.05) is 47.7 Å². The summed E-state index contributed by atoms with van der Waals surface area (Å²) in [6, 6.07) is 16.2. The van der Waals surface area contributed by atoms with Crippen LogP contribution in [-0.2, 0) is 16.1 Å². The van der Waals surface area contributed by atoms with Crippen LogP contribution in [-0.4, -0.2) is 58.4 Å². The van der Waals surface area contributed by atoms with E-state index in [2.05, 4.69) is 4.98 Å². The molecule has 1 atom stereocenters. The van der Waals surface area contributed by atoms with Gasteiger partial charge in [0.1, 0.15) is 12.6 Å². The molecule has 2 heterocycles. The smallest absolute Gasteiger partial charge is 0.410 e. The number of aromatic nitrogens is 1. The summed E-state index contributed by atoms with van der Waals surface area (Å²) < 4.78 is 5.54. The molecule has 3 amide bonds. The molecule has 1 aliphatic carbocycles. The standard InChI is InChI=1S/C30H34N4O4S/c1-32(24-11-6-3-7-12-24)27(35)23-14-16-25(17-15-23)34(29-31-18-20-39-29)28(36)26-13-8-19-33(26)30(37)38-21-22-9-4-2-5-10-22/h2,4-5,9-10,14-18,20,24,26H,3,6-8,11-13,19,21H2,1H3. The summed E-state index contributed by atoms with van der Waals surface area (Å²) in [5.74, 6) is -0.249. The molecular weight excluding hydrogens is 512 g/mol. The van der Waals surface area contributed by atoms with Gasteiger partial charge in [-0.2, -0.15) is 0 Å². The summed E-state index contributed by atoms with van der Waals surface area (Å²) in [6.45, 7) is 0.606. The second-order valence-electron chi connectivity index (χ2n) is 10.1. The van der Waals surface area contributed by atoms with E-state index >= 15 is 0 Å². The molecule has 1 saturated carbocycles. The molecule has 3 aromatic rings. The van der Waals surface area contributed by atoms with Crippen LogP contribution in [0.2, 0.25) is 0 Å². The summed E-state index contributed by atoms with van der Waals surface area (Å²) in [7, 11) is 1.88. The highest BCUT2D eigenvalue weighted by Crippen LogP contribution is 2.32. The third-order valence-electron chi connectivity index (χ3n) is 7.62. The summed E-state index contributed by atoms with van der Waals surface area (Å²) >= 11 is 1.35. The molecule has 0 radical (unpaired) electrons. The van der Waals surface area contributed by atoms with Crippen molar-refractivity contribution in [2.24, 2.45) is 0 Å². The molecule has 0 spiro atoms. The Morgan fingerprint density at radius 1 is 0.974 bits per heavy atom. The maximum Gasteiger partial charge on any atom is 0.410 e. The number of hydrogen-bond acceptors (Lipinski definition) is 6. The number of nitrogens with zero attached hydrogens (tertiary/aromatic N) is 4. The first-order chi connectivity index (χ1) is 19.0. The van der Waals surface area contributed by atoms with Crippen LogP contribution in [0.5, 0.6) is 0 Å². The lowest BCUT2D eigenvalue weighted by atomic mass is 9.94. The fourth-order valence-corrected chi connectivity index (χ4v) is 6.11. The number of amides is 3. The largest absolute Gasteiger partial charge is 0.445 e. The number of benzene rings is 2. The van der Waals surface area contributed by atoms with E-state index in [0.29, 0.717) is 35.8 Å². The molecule has 9 heteroatoms. The SMILES string of the molecule is CN(C(=O)c1ccc(N(C(=O)C2CCCN2C(=O)OCc2ccccc2)c2nccs2)cc1)C1CCCCC1. The predicted molar refractivity (Wildman–Crippen MR) is 151 cm³/mol. The number of carbonyl (C=O) groups excluding carboxylic acids is 3. The van der Waals surface area contributed by atoms with Crippen LogP contribution < -0.4 is 4.90 Å². The third kappa shape index (κ3) is 6.14. The summed E-state index contributed by atoms with van der Waals surface area (Å²) in [5.41, 5.74) is 2.09. The monoisotopic (exact) mass is 546 g/mol. The normalized spacial score (nSPS) is 17.6. The second kappa shape index (κ2) is 12.4. The number of anilines is 2. The van der Waals surface area contributed by atoms with Gasteiger partial charge in [-0.25, -0.2) is 9.78 Å². The van der Waals surface area contributed by atoms with E-state index in [4.69, 9.17) is 4.74 Å². The lowest BCUT2D eigenvalue weighted by Crippen LogP contribution is -2.46. The Kier molecular flexibility index (Phi) is 8.56. The van der Waals surface area contributed by atoms with Crippen LogP contribution in [0.1, 0.15) is 60.9 Å². The van der Waals surface area contributed by atoms with Gasteiger partial charge in [-0.3, -0.25) is 19.4 Å². The molecule has 2 aromatic carbocycles. The predicted octanol–water partition coefficient (Wildman–Crippen LogP) is 6.01. The second-order valence-corrected chi connectivity index (χ2v) is 11.0. The highest BCUT2D eigenvalue weighted by Gasteiger charge is 2.39. The van der Waals surface area contributed by atoms with Crippen LogP contribution in [0.4, 0.5) is 15.6 Å². The Bertz CT molecular complexity index is 1260. The fourth-order valence-electron chi connectivity index (χ4n) is 5.44. The molecule has 2 fully saturated rings. The molecule has 0 N–H and O–H groups in total. The third-order valence-corrected chi connectivity index (χ3v) is 8.38. The quantitative estimate of drug-likeness (QED) is 0.362. The molecule has 5 rings (SSSR count). The number of likely N-dealkylation sites (tertiary alicyclic amines) is 1. The Labute approximate surface area is 233 Å². The van der Waals surface area contributed by atoms with E-state index in [0.717, 1.165) is 31.2 Å². The zero-order valence-electron chi connectivity index (χ0n) is 22.2. The van der Waals surface area contributed by atoms with Crippen molar-refractivity contribution in [3.05, 3.63) is 77.3 Å². The maximum atomic E-state index is 13.9. The molecule has 1 aliphatic heterocycles. The minimum atomic E-state index is -0.657. The van der Waals surface area contributed by atoms with E-state index < -0.39 is 12.1 Å². The van der Waals surface area contributed by atoms with Crippen molar-refractivity contribution in [1.29, 1.82) is 0 Å². The highest BCUT2D eigenvalue weighted by molar-refractivity contribution is 7.13. The Morgan fingerprint density at radius 2 is 1.72 bits per heavy atom. The van der Waals surface area contributed by atoms with Crippen LogP contribution in [0.3, 0.4) is 0 Å². The summed E-state index contributed by atoms with van der Waals surface area (Å²) in [6.07, 6.45) is 8.04. The van der Waals surface area contributed by atoms with Gasteiger partial charge in [0.05, 0.1) is 5.69 Å². The van der Waals surface area contributed by atoms with E-state index in [9.17, 15) is 14.4 Å². The number of rotatable bonds is 7.